The summed E-state index contributed by atoms with van der Waals surface area (Å²) in [6, 6.07) is 5.77. The van der Waals surface area contributed by atoms with E-state index in [0.29, 0.717) is 38.2 Å². The third-order valence-electron chi connectivity index (χ3n) is 2.29. The van der Waals surface area contributed by atoms with Gasteiger partial charge in [-0.1, -0.05) is 0 Å². The van der Waals surface area contributed by atoms with Crippen LogP contribution in [0.25, 0.3) is 0 Å². The van der Waals surface area contributed by atoms with Crippen LogP contribution >= 0.6 is 0 Å². The Kier molecular flexibility index (Phi) is 6.79. The first-order chi connectivity index (χ1) is 8.72. The zero-order valence-electron chi connectivity index (χ0n) is 10.2. The minimum Gasteiger partial charge on any atom is -0.494 e. The van der Waals surface area contributed by atoms with E-state index in [9.17, 15) is 9.18 Å². The van der Waals surface area contributed by atoms with Crippen LogP contribution in [0.5, 0.6) is 5.75 Å². The third-order valence-corrected chi connectivity index (χ3v) is 2.29. The van der Waals surface area contributed by atoms with Crippen LogP contribution in [-0.4, -0.2) is 30.8 Å². The predicted octanol–water partition coefficient (Wildman–Crippen LogP) is 1.48. The molecule has 0 saturated heterocycles. The Morgan fingerprint density at radius 1 is 1.28 bits per heavy atom. The zero-order chi connectivity index (χ0) is 13.2. The molecule has 0 spiro atoms. The molecule has 2 N–H and O–H groups in total. The topological polar surface area (TPSA) is 58.6 Å². The van der Waals surface area contributed by atoms with Gasteiger partial charge in [-0.2, -0.15) is 0 Å². The number of hydrogen-bond acceptors (Lipinski definition) is 3. The molecule has 100 valence electrons. The summed E-state index contributed by atoms with van der Waals surface area (Å²) in [5.41, 5.74) is 0. The number of nitrogens with one attached hydrogen (secondary N) is 1. The Hall–Kier alpha value is -1.62. The van der Waals surface area contributed by atoms with Crippen LogP contribution in [-0.2, 0) is 4.79 Å². The summed E-state index contributed by atoms with van der Waals surface area (Å²) in [6.07, 6.45) is 1.55. The fourth-order valence-electron chi connectivity index (χ4n) is 1.35. The Balaban J connectivity index is 2.07. The number of ether oxygens (including phenoxy) is 1. The molecular weight excluding hydrogens is 237 g/mol. The van der Waals surface area contributed by atoms with Gasteiger partial charge >= 0.3 is 0 Å². The van der Waals surface area contributed by atoms with E-state index in [-0.39, 0.29) is 18.3 Å². The van der Waals surface area contributed by atoms with Crippen molar-refractivity contribution in [1.82, 2.24) is 5.32 Å². The maximum absolute atomic E-state index is 12.6. The van der Waals surface area contributed by atoms with E-state index in [4.69, 9.17) is 9.84 Å². The first-order valence-electron chi connectivity index (χ1n) is 5.98. The first kappa shape index (κ1) is 14.4. The van der Waals surface area contributed by atoms with Gasteiger partial charge in [0.25, 0.3) is 0 Å². The minimum atomic E-state index is -0.300. The van der Waals surface area contributed by atoms with Crippen LogP contribution < -0.4 is 10.1 Å². The molecule has 0 unspecified atom stereocenters. The SMILES string of the molecule is O=C(CCCOc1ccc(F)cc1)NCCCO. The monoisotopic (exact) mass is 255 g/mol. The van der Waals surface area contributed by atoms with Crippen molar-refractivity contribution in [2.75, 3.05) is 19.8 Å². The van der Waals surface area contributed by atoms with Crippen molar-refractivity contribution in [3.05, 3.63) is 30.1 Å². The molecule has 1 rings (SSSR count). The lowest BCUT2D eigenvalue weighted by Crippen LogP contribution is -2.25. The second kappa shape index (κ2) is 8.47. The second-order valence-electron chi connectivity index (χ2n) is 3.83. The molecular formula is C13H18FNO3. The summed E-state index contributed by atoms with van der Waals surface area (Å²) in [5.74, 6) is 0.244. The summed E-state index contributed by atoms with van der Waals surface area (Å²) >= 11 is 0. The molecule has 0 atom stereocenters. The quantitative estimate of drug-likeness (QED) is 0.692. The lowest BCUT2D eigenvalue weighted by atomic mass is 10.3. The molecule has 0 bridgehead atoms. The molecule has 18 heavy (non-hydrogen) atoms. The highest BCUT2D eigenvalue weighted by Crippen LogP contribution is 2.11. The summed E-state index contributed by atoms with van der Waals surface area (Å²) in [4.78, 5) is 11.3. The van der Waals surface area contributed by atoms with Crippen molar-refractivity contribution in [3.8, 4) is 5.75 Å². The van der Waals surface area contributed by atoms with Crippen molar-refractivity contribution in [3.63, 3.8) is 0 Å². The molecule has 4 nitrogen and oxygen atoms in total. The van der Waals surface area contributed by atoms with Gasteiger partial charge in [0.1, 0.15) is 11.6 Å². The molecule has 5 heteroatoms. The molecule has 0 radical (unpaired) electrons. The van der Waals surface area contributed by atoms with Crippen molar-refractivity contribution in [2.24, 2.45) is 0 Å². The number of halogens is 1. The van der Waals surface area contributed by atoms with Crippen LogP contribution in [0.1, 0.15) is 19.3 Å². The Labute approximate surface area is 106 Å². The smallest absolute Gasteiger partial charge is 0.220 e. The number of carbonyl (C=O) groups excluding carboxylic acids is 1. The van der Waals surface area contributed by atoms with Crippen molar-refractivity contribution in [1.29, 1.82) is 0 Å². The number of rotatable bonds is 8. The van der Waals surface area contributed by atoms with E-state index in [2.05, 4.69) is 5.32 Å². The van der Waals surface area contributed by atoms with Gasteiger partial charge in [-0.15, -0.1) is 0 Å². The van der Waals surface area contributed by atoms with Crippen molar-refractivity contribution >= 4 is 5.91 Å². The van der Waals surface area contributed by atoms with Gasteiger partial charge in [0.2, 0.25) is 5.91 Å². The minimum absolute atomic E-state index is 0.0499. The van der Waals surface area contributed by atoms with Crippen LogP contribution in [0.2, 0.25) is 0 Å². The molecule has 0 saturated carbocycles. The highest BCUT2D eigenvalue weighted by Gasteiger charge is 2.00. The number of aliphatic hydroxyl groups is 1. The third kappa shape index (κ3) is 6.20. The number of hydrogen-bond donors (Lipinski definition) is 2. The van der Waals surface area contributed by atoms with E-state index in [1.807, 2.05) is 0 Å². The zero-order valence-corrected chi connectivity index (χ0v) is 10.2. The molecule has 1 aromatic carbocycles. The lowest BCUT2D eigenvalue weighted by molar-refractivity contribution is -0.121. The van der Waals surface area contributed by atoms with Crippen molar-refractivity contribution in [2.45, 2.75) is 19.3 Å². The van der Waals surface area contributed by atoms with E-state index < -0.39 is 0 Å². The molecule has 0 heterocycles. The highest BCUT2D eigenvalue weighted by atomic mass is 19.1. The van der Waals surface area contributed by atoms with Crippen LogP contribution in [0.4, 0.5) is 4.39 Å². The normalized spacial score (nSPS) is 10.1. The largest absolute Gasteiger partial charge is 0.494 e. The Morgan fingerprint density at radius 2 is 2.00 bits per heavy atom. The average molecular weight is 255 g/mol. The standard InChI is InChI=1S/C13H18FNO3/c14-11-4-6-12(7-5-11)18-10-1-3-13(17)15-8-2-9-16/h4-7,16H,1-3,8-10H2,(H,15,17). The van der Waals surface area contributed by atoms with Gasteiger partial charge in [0.05, 0.1) is 6.61 Å². The van der Waals surface area contributed by atoms with Crippen LogP contribution in [0.15, 0.2) is 24.3 Å². The molecule has 0 aliphatic heterocycles. The number of benzene rings is 1. The maximum atomic E-state index is 12.6. The summed E-state index contributed by atoms with van der Waals surface area (Å²) in [6.45, 7) is 0.987. The summed E-state index contributed by atoms with van der Waals surface area (Å²) < 4.78 is 18.0. The molecule has 0 fully saturated rings. The fourth-order valence-corrected chi connectivity index (χ4v) is 1.35. The fraction of sp³-hybridized carbons (Fsp3) is 0.462. The van der Waals surface area contributed by atoms with Gasteiger partial charge in [0, 0.05) is 19.6 Å². The number of amides is 1. The second-order valence-corrected chi connectivity index (χ2v) is 3.83. The van der Waals surface area contributed by atoms with Gasteiger partial charge in [-0.25, -0.2) is 4.39 Å². The highest BCUT2D eigenvalue weighted by molar-refractivity contribution is 5.75. The van der Waals surface area contributed by atoms with Crippen LogP contribution in [0, 0.1) is 5.82 Å². The first-order valence-corrected chi connectivity index (χ1v) is 5.98. The van der Waals surface area contributed by atoms with Gasteiger partial charge < -0.3 is 15.2 Å². The molecule has 1 aromatic rings. The van der Waals surface area contributed by atoms with Gasteiger partial charge in [0.15, 0.2) is 0 Å². The Morgan fingerprint density at radius 3 is 2.67 bits per heavy atom. The van der Waals surface area contributed by atoms with E-state index in [1.54, 1.807) is 12.1 Å². The summed E-state index contributed by atoms with van der Waals surface area (Å²) in [5, 5.41) is 11.2. The van der Waals surface area contributed by atoms with Gasteiger partial charge in [-0.3, -0.25) is 4.79 Å². The average Bonchev–Trinajstić information content (AvgIpc) is 2.37. The predicted molar refractivity (Wildman–Crippen MR) is 65.8 cm³/mol. The van der Waals surface area contributed by atoms with Crippen LogP contribution in [0.3, 0.4) is 0 Å². The van der Waals surface area contributed by atoms with E-state index in [0.717, 1.165) is 0 Å². The number of carbonyl (C=O) groups is 1. The van der Waals surface area contributed by atoms with E-state index in [1.165, 1.54) is 12.1 Å². The van der Waals surface area contributed by atoms with Gasteiger partial charge in [-0.05, 0) is 37.1 Å². The Bertz CT molecular complexity index is 354. The molecule has 0 aromatic heterocycles. The maximum Gasteiger partial charge on any atom is 0.220 e. The summed E-state index contributed by atoms with van der Waals surface area (Å²) in [7, 11) is 0. The number of aliphatic hydroxyl groups excluding tert-OH is 1. The molecule has 1 amide bonds. The lowest BCUT2D eigenvalue weighted by Gasteiger charge is -2.06. The van der Waals surface area contributed by atoms with Crippen molar-refractivity contribution < 1.29 is 19.0 Å². The molecule has 0 aliphatic carbocycles. The molecule has 0 aliphatic rings. The van der Waals surface area contributed by atoms with E-state index >= 15 is 0 Å².